The molecule has 3 aliphatic rings. The third kappa shape index (κ3) is 2.64. The molecular weight excluding hydrogens is 253 g/mol. The van der Waals surface area contributed by atoms with Crippen LogP contribution in [0, 0.1) is 5.92 Å². The Morgan fingerprint density at radius 3 is 2.32 bits per heavy atom. The van der Waals surface area contributed by atoms with Crippen LogP contribution in [0.4, 0.5) is 13.2 Å². The summed E-state index contributed by atoms with van der Waals surface area (Å²) in [6, 6.07) is 0.482. The van der Waals surface area contributed by atoms with E-state index in [1.165, 1.54) is 6.42 Å². The highest BCUT2D eigenvalue weighted by atomic mass is 19.4. The second-order valence-corrected chi connectivity index (χ2v) is 6.48. The van der Waals surface area contributed by atoms with E-state index in [0.29, 0.717) is 12.0 Å². The SMILES string of the molecule is FC(F)(F)C1(NC2CCCCC2C2CCCN2)CC1. The van der Waals surface area contributed by atoms with E-state index in [2.05, 4.69) is 10.6 Å². The highest BCUT2D eigenvalue weighted by Gasteiger charge is 2.64. The van der Waals surface area contributed by atoms with Crippen molar-refractivity contribution in [2.24, 2.45) is 5.92 Å². The quantitative estimate of drug-likeness (QED) is 0.828. The van der Waals surface area contributed by atoms with Crippen LogP contribution in [0.25, 0.3) is 0 Å². The third-order valence-electron chi connectivity index (χ3n) is 5.19. The summed E-state index contributed by atoms with van der Waals surface area (Å²) in [7, 11) is 0. The first kappa shape index (κ1) is 13.7. The van der Waals surface area contributed by atoms with E-state index in [1.54, 1.807) is 0 Å². The molecule has 1 aliphatic heterocycles. The van der Waals surface area contributed by atoms with Gasteiger partial charge in [-0.25, -0.2) is 0 Å². The van der Waals surface area contributed by atoms with Crippen LogP contribution in [0.2, 0.25) is 0 Å². The normalized spacial score (nSPS) is 38.4. The molecule has 0 radical (unpaired) electrons. The molecule has 3 rings (SSSR count). The van der Waals surface area contributed by atoms with Crippen LogP contribution in [0.5, 0.6) is 0 Å². The molecule has 2 nitrogen and oxygen atoms in total. The Bertz CT molecular complexity index is 319. The highest BCUT2D eigenvalue weighted by Crippen LogP contribution is 2.50. The van der Waals surface area contributed by atoms with Crippen molar-refractivity contribution in [3.05, 3.63) is 0 Å². The van der Waals surface area contributed by atoms with Crippen LogP contribution >= 0.6 is 0 Å². The number of hydrogen-bond donors (Lipinski definition) is 2. The van der Waals surface area contributed by atoms with E-state index >= 15 is 0 Å². The lowest BCUT2D eigenvalue weighted by Gasteiger charge is -2.39. The predicted octanol–water partition coefficient (Wildman–Crippen LogP) is 2.98. The van der Waals surface area contributed by atoms with Crippen molar-refractivity contribution in [3.8, 4) is 0 Å². The largest absolute Gasteiger partial charge is 0.406 e. The van der Waals surface area contributed by atoms with Gasteiger partial charge in [0.05, 0.1) is 0 Å². The minimum Gasteiger partial charge on any atom is -0.314 e. The molecule has 3 atom stereocenters. The van der Waals surface area contributed by atoms with Gasteiger partial charge in [-0.2, -0.15) is 13.2 Å². The molecule has 19 heavy (non-hydrogen) atoms. The summed E-state index contributed by atoms with van der Waals surface area (Å²) >= 11 is 0. The molecule has 2 saturated carbocycles. The number of halogens is 3. The summed E-state index contributed by atoms with van der Waals surface area (Å²) in [5, 5.41) is 6.49. The van der Waals surface area contributed by atoms with Gasteiger partial charge in [-0.15, -0.1) is 0 Å². The van der Waals surface area contributed by atoms with E-state index in [4.69, 9.17) is 0 Å². The van der Waals surface area contributed by atoms with Crippen molar-refractivity contribution in [3.63, 3.8) is 0 Å². The molecule has 0 bridgehead atoms. The van der Waals surface area contributed by atoms with Gasteiger partial charge in [0.15, 0.2) is 0 Å². The summed E-state index contributed by atoms with van der Waals surface area (Å²) in [5.41, 5.74) is -1.55. The standard InChI is InChI=1S/C14H23F3N2/c15-14(16,17)13(7-8-13)19-12-5-2-1-4-10(12)11-6-3-9-18-11/h10-12,18-19H,1-9H2. The van der Waals surface area contributed by atoms with Crippen molar-refractivity contribution in [1.29, 1.82) is 0 Å². The molecule has 0 spiro atoms. The molecule has 1 heterocycles. The molecule has 0 amide bonds. The van der Waals surface area contributed by atoms with Crippen molar-refractivity contribution in [2.75, 3.05) is 6.54 Å². The van der Waals surface area contributed by atoms with Gasteiger partial charge >= 0.3 is 6.18 Å². The summed E-state index contributed by atoms with van der Waals surface area (Å²) in [6.07, 6.45) is 2.94. The minimum atomic E-state index is -4.09. The Labute approximate surface area is 112 Å². The highest BCUT2D eigenvalue weighted by molar-refractivity contribution is 5.10. The summed E-state index contributed by atoms with van der Waals surface area (Å²) < 4.78 is 39.2. The first-order valence-electron chi connectivity index (χ1n) is 7.60. The van der Waals surface area contributed by atoms with Gasteiger partial charge in [0.1, 0.15) is 5.54 Å². The fourth-order valence-corrected chi connectivity index (χ4v) is 3.89. The first-order valence-corrected chi connectivity index (χ1v) is 7.60. The molecule has 1 saturated heterocycles. The minimum absolute atomic E-state index is 0.0495. The second kappa shape index (κ2) is 4.92. The average molecular weight is 276 g/mol. The molecule has 110 valence electrons. The van der Waals surface area contributed by atoms with Crippen LogP contribution < -0.4 is 10.6 Å². The zero-order valence-corrected chi connectivity index (χ0v) is 11.2. The Morgan fingerprint density at radius 2 is 1.74 bits per heavy atom. The van der Waals surface area contributed by atoms with E-state index in [9.17, 15) is 13.2 Å². The van der Waals surface area contributed by atoms with Gasteiger partial charge in [-0.05, 0) is 51.0 Å². The first-order chi connectivity index (χ1) is 9.02. The smallest absolute Gasteiger partial charge is 0.314 e. The average Bonchev–Trinajstić information content (AvgIpc) is 2.96. The van der Waals surface area contributed by atoms with Gasteiger partial charge in [0, 0.05) is 12.1 Å². The Balaban J connectivity index is 1.67. The molecule has 0 aromatic rings. The van der Waals surface area contributed by atoms with Gasteiger partial charge in [0.25, 0.3) is 0 Å². The van der Waals surface area contributed by atoms with Gasteiger partial charge in [0.2, 0.25) is 0 Å². The predicted molar refractivity (Wildman–Crippen MR) is 67.9 cm³/mol. The van der Waals surface area contributed by atoms with Crippen LogP contribution in [0.3, 0.4) is 0 Å². The summed E-state index contributed by atoms with van der Waals surface area (Å²) in [4.78, 5) is 0. The van der Waals surface area contributed by atoms with Crippen LogP contribution in [0.15, 0.2) is 0 Å². The van der Waals surface area contributed by atoms with E-state index in [-0.39, 0.29) is 18.9 Å². The maximum absolute atomic E-state index is 13.1. The van der Waals surface area contributed by atoms with Gasteiger partial charge < -0.3 is 10.6 Å². The molecule has 3 fully saturated rings. The topological polar surface area (TPSA) is 24.1 Å². The van der Waals surface area contributed by atoms with Crippen LogP contribution in [0.1, 0.15) is 51.4 Å². The lowest BCUT2D eigenvalue weighted by molar-refractivity contribution is -0.169. The lowest BCUT2D eigenvalue weighted by Crippen LogP contribution is -2.55. The maximum atomic E-state index is 13.1. The number of rotatable bonds is 3. The second-order valence-electron chi connectivity index (χ2n) is 6.48. The maximum Gasteiger partial charge on any atom is 0.406 e. The fourth-order valence-electron chi connectivity index (χ4n) is 3.89. The van der Waals surface area contributed by atoms with Crippen molar-refractivity contribution >= 4 is 0 Å². The van der Waals surface area contributed by atoms with Gasteiger partial charge in [-0.3, -0.25) is 0 Å². The molecule has 2 N–H and O–H groups in total. The van der Waals surface area contributed by atoms with Gasteiger partial charge in [-0.1, -0.05) is 12.8 Å². The van der Waals surface area contributed by atoms with E-state index in [0.717, 1.165) is 38.6 Å². The summed E-state index contributed by atoms with van der Waals surface area (Å²) in [5.74, 6) is 0.385. The molecule has 0 aromatic carbocycles. The van der Waals surface area contributed by atoms with Crippen LogP contribution in [-0.4, -0.2) is 30.3 Å². The fraction of sp³-hybridized carbons (Fsp3) is 1.00. The monoisotopic (exact) mass is 276 g/mol. The molecule has 2 aliphatic carbocycles. The van der Waals surface area contributed by atoms with Crippen molar-refractivity contribution in [2.45, 2.75) is 75.2 Å². The summed E-state index contributed by atoms with van der Waals surface area (Å²) in [6.45, 7) is 1.03. The molecule has 5 heteroatoms. The van der Waals surface area contributed by atoms with Crippen molar-refractivity contribution in [1.82, 2.24) is 10.6 Å². The Morgan fingerprint density at radius 1 is 1.00 bits per heavy atom. The third-order valence-corrected chi connectivity index (χ3v) is 5.19. The van der Waals surface area contributed by atoms with E-state index in [1.807, 2.05) is 0 Å². The zero-order chi connectivity index (χ0) is 13.5. The lowest BCUT2D eigenvalue weighted by atomic mass is 9.78. The number of hydrogen-bond acceptors (Lipinski definition) is 2. The molecule has 0 aromatic heterocycles. The molecular formula is C14H23F3N2. The zero-order valence-electron chi connectivity index (χ0n) is 11.2. The van der Waals surface area contributed by atoms with E-state index < -0.39 is 11.7 Å². The number of nitrogens with one attached hydrogen (secondary N) is 2. The number of alkyl halides is 3. The Hall–Kier alpha value is -0.290. The van der Waals surface area contributed by atoms with Crippen molar-refractivity contribution < 1.29 is 13.2 Å². The van der Waals surface area contributed by atoms with Crippen LogP contribution in [-0.2, 0) is 0 Å². The molecule has 3 unspecified atom stereocenters. The Kier molecular flexibility index (Phi) is 3.54.